The molecule has 0 heterocycles. The summed E-state index contributed by atoms with van der Waals surface area (Å²) in [5.74, 6) is 0. The molecule has 34 heavy (non-hydrogen) atoms. The van der Waals surface area contributed by atoms with Crippen molar-refractivity contribution in [1.82, 2.24) is 0 Å². The first kappa shape index (κ1) is 27.2. The summed E-state index contributed by atoms with van der Waals surface area (Å²) >= 11 is 0. The van der Waals surface area contributed by atoms with Gasteiger partial charge >= 0.3 is 8.75 Å². The lowest BCUT2D eigenvalue weighted by Crippen LogP contribution is -2.43. The van der Waals surface area contributed by atoms with Crippen molar-refractivity contribution < 1.29 is 43.3 Å². The van der Waals surface area contributed by atoms with Crippen molar-refractivity contribution >= 4 is 48.1 Å². The van der Waals surface area contributed by atoms with Crippen molar-refractivity contribution in [1.29, 1.82) is 0 Å². The Bertz CT molecular complexity index is 1480. The fraction of sp³-hybridized carbons (Fsp3) is 0.222. The van der Waals surface area contributed by atoms with Crippen LogP contribution >= 0.6 is 0 Å². The quantitative estimate of drug-likeness (QED) is 0.221. The van der Waals surface area contributed by atoms with Gasteiger partial charge in [0, 0.05) is 0 Å². The summed E-state index contributed by atoms with van der Waals surface area (Å²) < 4.78 is 97.7. The van der Waals surface area contributed by atoms with E-state index in [0.29, 0.717) is 0 Å². The average Bonchev–Trinajstić information content (AvgIpc) is 2.78. The fourth-order valence-electron chi connectivity index (χ4n) is 2.87. The lowest BCUT2D eigenvalue weighted by molar-refractivity contribution is 0.00377. The number of hydrogen-bond donors (Lipinski definition) is 0. The standard InChI is InChI=1S/C18H18N4O8S4/c1-2-9-16(33(27,28)17(21-19)31(23,24)14-10-5-3-6-11-14)34(29,30)18(22-20)32(25,26)15-12-7-4-8-13-15/h3-8,10-13,16H,2,9H2,1H3. The highest BCUT2D eigenvalue weighted by Crippen LogP contribution is 2.26. The van der Waals surface area contributed by atoms with Crippen LogP contribution in [-0.4, -0.2) is 56.6 Å². The van der Waals surface area contributed by atoms with Gasteiger partial charge in [-0.3, -0.25) is 0 Å². The third-order valence-electron chi connectivity index (χ3n) is 4.43. The van der Waals surface area contributed by atoms with Crippen LogP contribution in [0.3, 0.4) is 0 Å². The van der Waals surface area contributed by atoms with Gasteiger partial charge in [-0.2, -0.15) is 0 Å². The molecule has 2 aromatic carbocycles. The molecule has 0 aromatic heterocycles. The van der Waals surface area contributed by atoms with Gasteiger partial charge in [0.15, 0.2) is 4.58 Å². The largest absolute Gasteiger partial charge is 0.500 e. The first-order chi connectivity index (χ1) is 15.8. The summed E-state index contributed by atoms with van der Waals surface area (Å²) in [6.07, 6.45) is -0.991. The second-order valence-electron chi connectivity index (χ2n) is 6.67. The molecule has 0 aliphatic carbocycles. The number of benzene rings is 2. The van der Waals surface area contributed by atoms with Gasteiger partial charge in [0.2, 0.25) is 0 Å². The maximum Gasteiger partial charge on any atom is 0.500 e. The minimum atomic E-state index is -5.57. The van der Waals surface area contributed by atoms with Crippen LogP contribution in [0.1, 0.15) is 19.8 Å². The summed E-state index contributed by atoms with van der Waals surface area (Å²) in [5, 5.41) is 0. The molecule has 0 saturated carbocycles. The topological polar surface area (TPSA) is 209 Å². The van der Waals surface area contributed by atoms with Crippen LogP contribution in [0, 0.1) is 0 Å². The molecular weight excluding hydrogens is 528 g/mol. The van der Waals surface area contributed by atoms with Gasteiger partial charge < -0.3 is 11.1 Å². The average molecular weight is 547 g/mol. The van der Waals surface area contributed by atoms with Crippen LogP contribution in [0.25, 0.3) is 11.1 Å². The summed E-state index contributed by atoms with van der Waals surface area (Å²) in [6, 6.07) is 11.8. The highest BCUT2D eigenvalue weighted by molar-refractivity contribution is 8.39. The van der Waals surface area contributed by atoms with Crippen molar-refractivity contribution in [3.63, 3.8) is 0 Å². The second kappa shape index (κ2) is 10.1. The fourth-order valence-corrected chi connectivity index (χ4v) is 12.3. The molecule has 16 heteroatoms. The highest BCUT2D eigenvalue weighted by Gasteiger charge is 2.58. The van der Waals surface area contributed by atoms with Crippen LogP contribution < -0.4 is 0 Å². The zero-order valence-electron chi connectivity index (χ0n) is 17.5. The molecule has 0 aliphatic rings. The first-order valence-corrected chi connectivity index (χ1v) is 15.4. The second-order valence-corrected chi connectivity index (χ2v) is 15.3. The SMILES string of the molecule is CCCC(S(=O)(=O)C(=[N+]=[N-])S(=O)(=O)c1ccccc1)S(=O)(=O)C(=[N+]=[N-])S(=O)(=O)c1ccccc1. The zero-order chi connectivity index (χ0) is 25.8. The molecule has 0 unspecified atom stereocenters. The molecule has 0 amide bonds. The Hall–Kier alpha value is -3.00. The van der Waals surface area contributed by atoms with Crippen LogP contribution in [0.5, 0.6) is 0 Å². The van der Waals surface area contributed by atoms with E-state index in [1.165, 1.54) is 43.3 Å². The van der Waals surface area contributed by atoms with Crippen LogP contribution in [0.15, 0.2) is 70.5 Å². The van der Waals surface area contributed by atoms with Gasteiger partial charge in [-0.05, 0) is 30.7 Å². The first-order valence-electron chi connectivity index (χ1n) is 9.31. The van der Waals surface area contributed by atoms with E-state index in [9.17, 15) is 44.7 Å². The Labute approximate surface area is 196 Å². The van der Waals surface area contributed by atoms with Gasteiger partial charge in [-0.25, -0.2) is 33.7 Å². The minimum Gasteiger partial charge on any atom is -0.359 e. The Morgan fingerprint density at radius 1 is 0.676 bits per heavy atom. The summed E-state index contributed by atoms with van der Waals surface area (Å²) in [6.45, 7) is 1.35. The lowest BCUT2D eigenvalue weighted by atomic mass is 10.4. The molecule has 0 fully saturated rings. The van der Waals surface area contributed by atoms with Gasteiger partial charge in [-0.15, -0.1) is 9.58 Å². The molecule has 0 saturated heterocycles. The van der Waals surface area contributed by atoms with Gasteiger partial charge in [-0.1, -0.05) is 49.7 Å². The van der Waals surface area contributed by atoms with Gasteiger partial charge in [0.1, 0.15) is 0 Å². The van der Waals surface area contributed by atoms with E-state index in [4.69, 9.17) is 0 Å². The van der Waals surface area contributed by atoms with Crippen LogP contribution in [-0.2, 0) is 39.3 Å². The lowest BCUT2D eigenvalue weighted by Gasteiger charge is -2.13. The van der Waals surface area contributed by atoms with E-state index in [1.807, 2.05) is 0 Å². The monoisotopic (exact) mass is 546 g/mol. The third kappa shape index (κ3) is 4.92. The summed E-state index contributed by atoms with van der Waals surface area (Å²) in [7, 11) is -21.3. The molecule has 0 spiro atoms. The molecule has 0 atom stereocenters. The zero-order valence-corrected chi connectivity index (χ0v) is 20.7. The van der Waals surface area contributed by atoms with Crippen LogP contribution in [0.2, 0.25) is 0 Å². The number of rotatable bonds is 6. The summed E-state index contributed by atoms with van der Waals surface area (Å²) in [5.41, 5.74) is 18.6. The molecule has 0 bridgehead atoms. The third-order valence-corrected chi connectivity index (χ3v) is 14.5. The molecule has 2 rings (SSSR count). The summed E-state index contributed by atoms with van der Waals surface area (Å²) in [4.78, 5) is 3.47. The van der Waals surface area contributed by atoms with Crippen molar-refractivity contribution in [3.05, 3.63) is 71.7 Å². The van der Waals surface area contributed by atoms with Crippen molar-refractivity contribution in [2.24, 2.45) is 0 Å². The minimum absolute atomic E-state index is 0.183. The van der Waals surface area contributed by atoms with Gasteiger partial charge in [0.25, 0.3) is 39.3 Å². The molecule has 2 aromatic rings. The van der Waals surface area contributed by atoms with Gasteiger partial charge in [0.05, 0.1) is 9.79 Å². The number of nitrogens with zero attached hydrogens (tertiary/aromatic N) is 4. The van der Waals surface area contributed by atoms with Crippen molar-refractivity contribution in [2.45, 2.75) is 34.1 Å². The molecule has 0 radical (unpaired) electrons. The Kier molecular flexibility index (Phi) is 8.09. The maximum atomic E-state index is 13.2. The van der Waals surface area contributed by atoms with E-state index in [0.717, 1.165) is 24.3 Å². The Morgan fingerprint density at radius 2 is 1.00 bits per heavy atom. The number of hydrogen-bond acceptors (Lipinski definition) is 8. The van der Waals surface area contributed by atoms with Crippen LogP contribution in [0.4, 0.5) is 0 Å². The predicted molar refractivity (Wildman–Crippen MR) is 121 cm³/mol. The predicted octanol–water partition coefficient (Wildman–Crippen LogP) is 1.06. The molecule has 0 N–H and O–H groups in total. The smallest absolute Gasteiger partial charge is 0.359 e. The molecule has 0 aliphatic heterocycles. The van der Waals surface area contributed by atoms with E-state index in [1.54, 1.807) is 0 Å². The Balaban J connectivity index is 2.77. The van der Waals surface area contributed by atoms with E-state index < -0.39 is 68.9 Å². The van der Waals surface area contributed by atoms with E-state index in [-0.39, 0.29) is 6.42 Å². The maximum absolute atomic E-state index is 13.2. The molecule has 182 valence electrons. The Morgan fingerprint density at radius 3 is 1.26 bits per heavy atom. The van der Waals surface area contributed by atoms with E-state index >= 15 is 0 Å². The van der Waals surface area contributed by atoms with E-state index in [2.05, 4.69) is 9.58 Å². The highest BCUT2D eigenvalue weighted by atomic mass is 32.3. The molecular formula is C18H18N4O8S4. The number of sulfone groups is 4. The van der Waals surface area contributed by atoms with Crippen molar-refractivity contribution in [2.75, 3.05) is 0 Å². The molecule has 12 nitrogen and oxygen atoms in total. The van der Waals surface area contributed by atoms with Crippen molar-refractivity contribution in [3.8, 4) is 0 Å². The normalized spacial score (nSPS) is 13.3.